The highest BCUT2D eigenvalue weighted by Gasteiger charge is 2.23. The lowest BCUT2D eigenvalue weighted by Crippen LogP contribution is -2.46. The lowest BCUT2D eigenvalue weighted by Gasteiger charge is -2.37. The first kappa shape index (κ1) is 12.9. The van der Waals surface area contributed by atoms with E-state index in [-0.39, 0.29) is 0 Å². The van der Waals surface area contributed by atoms with Crippen LogP contribution in [0.1, 0.15) is 6.92 Å². The van der Waals surface area contributed by atoms with E-state index >= 15 is 0 Å². The Morgan fingerprint density at radius 3 is 2.79 bits per heavy atom. The van der Waals surface area contributed by atoms with E-state index < -0.39 is 0 Å². The smallest absolute Gasteiger partial charge is 0.165 e. The van der Waals surface area contributed by atoms with Gasteiger partial charge in [0.1, 0.15) is 6.61 Å². The minimum Gasteiger partial charge on any atom is -0.487 e. The summed E-state index contributed by atoms with van der Waals surface area (Å²) < 4.78 is 5.84. The van der Waals surface area contributed by atoms with Crippen molar-refractivity contribution in [3.05, 3.63) is 17.2 Å². The number of hydrogen-bond acceptors (Lipinski definition) is 4. The van der Waals surface area contributed by atoms with Gasteiger partial charge in [-0.3, -0.25) is 0 Å². The molecule has 104 valence electrons. The zero-order valence-electron chi connectivity index (χ0n) is 11.3. The largest absolute Gasteiger partial charge is 0.487 e. The quantitative estimate of drug-likeness (QED) is 0.900. The van der Waals surface area contributed by atoms with Gasteiger partial charge in [-0.05, 0) is 18.7 Å². The Morgan fingerprint density at radius 1 is 1.26 bits per heavy atom. The van der Waals surface area contributed by atoms with Gasteiger partial charge in [-0.15, -0.1) is 0 Å². The van der Waals surface area contributed by atoms with Crippen LogP contribution in [0.5, 0.6) is 5.75 Å². The van der Waals surface area contributed by atoms with Gasteiger partial charge in [-0.2, -0.15) is 0 Å². The van der Waals surface area contributed by atoms with Crippen molar-refractivity contribution in [2.45, 2.75) is 6.92 Å². The molecule has 0 amide bonds. The Kier molecular flexibility index (Phi) is 3.71. The van der Waals surface area contributed by atoms with E-state index in [1.54, 1.807) is 0 Å². The molecule has 0 aromatic heterocycles. The van der Waals surface area contributed by atoms with Gasteiger partial charge < -0.3 is 19.9 Å². The van der Waals surface area contributed by atoms with Gasteiger partial charge in [0.05, 0.1) is 11.4 Å². The molecule has 0 aliphatic carbocycles. The van der Waals surface area contributed by atoms with E-state index in [1.165, 1.54) is 0 Å². The Hall–Kier alpha value is -1.13. The van der Waals surface area contributed by atoms with Crippen molar-refractivity contribution < 1.29 is 4.74 Å². The zero-order valence-corrected chi connectivity index (χ0v) is 12.0. The molecule has 2 heterocycles. The molecule has 0 unspecified atom stereocenters. The molecule has 0 radical (unpaired) electrons. The molecule has 3 rings (SSSR count). The van der Waals surface area contributed by atoms with Crippen molar-refractivity contribution in [2.24, 2.45) is 0 Å². The number of anilines is 2. The number of halogens is 1. The molecule has 0 saturated carbocycles. The van der Waals surface area contributed by atoms with Crippen molar-refractivity contribution in [1.82, 2.24) is 4.90 Å². The standard InChI is InChI=1S/C14H20ClN3O/c1-2-17-4-6-18(7-5-17)13-10-11(15)9-12-14(13)19-8-3-16-12/h9-10,16H,2-8H2,1H3. The molecule has 0 spiro atoms. The minimum atomic E-state index is 0.719. The minimum absolute atomic E-state index is 0.719. The highest BCUT2D eigenvalue weighted by atomic mass is 35.5. The van der Waals surface area contributed by atoms with Crippen LogP contribution in [-0.2, 0) is 0 Å². The van der Waals surface area contributed by atoms with E-state index in [9.17, 15) is 0 Å². The number of likely N-dealkylation sites (N-methyl/N-ethyl adjacent to an activating group) is 1. The summed E-state index contributed by atoms with van der Waals surface area (Å²) in [4.78, 5) is 4.84. The summed E-state index contributed by atoms with van der Waals surface area (Å²) in [5, 5.41) is 4.12. The second kappa shape index (κ2) is 5.47. The van der Waals surface area contributed by atoms with Gasteiger partial charge in [0.25, 0.3) is 0 Å². The average molecular weight is 282 g/mol. The summed E-state index contributed by atoms with van der Waals surface area (Å²) in [6.07, 6.45) is 0. The van der Waals surface area contributed by atoms with Crippen LogP contribution >= 0.6 is 11.6 Å². The highest BCUT2D eigenvalue weighted by molar-refractivity contribution is 6.31. The SMILES string of the molecule is CCN1CCN(c2cc(Cl)cc3c2OCCN3)CC1. The molecule has 0 bridgehead atoms. The topological polar surface area (TPSA) is 27.7 Å². The maximum Gasteiger partial charge on any atom is 0.165 e. The molecule has 1 fully saturated rings. The van der Waals surface area contributed by atoms with E-state index in [2.05, 4.69) is 22.0 Å². The fraction of sp³-hybridized carbons (Fsp3) is 0.571. The van der Waals surface area contributed by atoms with Crippen molar-refractivity contribution in [1.29, 1.82) is 0 Å². The normalized spacial score (nSPS) is 19.6. The van der Waals surface area contributed by atoms with Gasteiger partial charge >= 0.3 is 0 Å². The van der Waals surface area contributed by atoms with E-state index in [1.807, 2.05) is 12.1 Å². The molecule has 19 heavy (non-hydrogen) atoms. The van der Waals surface area contributed by atoms with Crippen molar-refractivity contribution >= 4 is 23.0 Å². The molecule has 1 aromatic rings. The van der Waals surface area contributed by atoms with E-state index in [0.717, 1.165) is 68.0 Å². The number of hydrogen-bond donors (Lipinski definition) is 1. The van der Waals surface area contributed by atoms with Gasteiger partial charge in [0.2, 0.25) is 0 Å². The highest BCUT2D eigenvalue weighted by Crippen LogP contribution is 2.40. The third-order valence-corrected chi connectivity index (χ3v) is 4.08. The van der Waals surface area contributed by atoms with Crippen LogP contribution in [0.2, 0.25) is 5.02 Å². The van der Waals surface area contributed by atoms with Crippen molar-refractivity contribution in [3.63, 3.8) is 0 Å². The van der Waals surface area contributed by atoms with Crippen LogP contribution in [0.3, 0.4) is 0 Å². The maximum atomic E-state index is 6.22. The van der Waals surface area contributed by atoms with Crippen LogP contribution in [0, 0.1) is 0 Å². The zero-order chi connectivity index (χ0) is 13.2. The number of benzene rings is 1. The molecule has 2 aliphatic heterocycles. The number of ether oxygens (including phenoxy) is 1. The second-order valence-corrected chi connectivity index (χ2v) is 5.43. The van der Waals surface area contributed by atoms with Crippen LogP contribution in [-0.4, -0.2) is 50.8 Å². The first-order chi connectivity index (χ1) is 9.28. The molecule has 4 nitrogen and oxygen atoms in total. The van der Waals surface area contributed by atoms with Crippen molar-refractivity contribution in [3.8, 4) is 5.75 Å². The first-order valence-electron chi connectivity index (χ1n) is 6.95. The van der Waals surface area contributed by atoms with Gasteiger partial charge in [0, 0.05) is 37.7 Å². The predicted molar refractivity (Wildman–Crippen MR) is 79.8 cm³/mol. The predicted octanol–water partition coefficient (Wildman–Crippen LogP) is 2.29. The number of nitrogens with one attached hydrogen (secondary N) is 1. The third kappa shape index (κ3) is 2.60. The third-order valence-electron chi connectivity index (χ3n) is 3.86. The summed E-state index contributed by atoms with van der Waals surface area (Å²) in [5.74, 6) is 0.959. The molecule has 5 heteroatoms. The first-order valence-corrected chi connectivity index (χ1v) is 7.33. The molecule has 1 aromatic carbocycles. The molecular formula is C14H20ClN3O. The van der Waals surface area contributed by atoms with Crippen molar-refractivity contribution in [2.75, 3.05) is 56.1 Å². The van der Waals surface area contributed by atoms with Crippen LogP contribution in [0.15, 0.2) is 12.1 Å². The summed E-state index contributed by atoms with van der Waals surface area (Å²) >= 11 is 6.22. The van der Waals surface area contributed by atoms with Crippen LogP contribution in [0.25, 0.3) is 0 Å². The maximum absolute atomic E-state index is 6.22. The number of rotatable bonds is 2. The van der Waals surface area contributed by atoms with Gasteiger partial charge in [-0.25, -0.2) is 0 Å². The average Bonchev–Trinajstić information content (AvgIpc) is 2.46. The summed E-state index contributed by atoms with van der Waals surface area (Å²) in [5.41, 5.74) is 2.15. The van der Waals surface area contributed by atoms with Crippen LogP contribution < -0.4 is 15.0 Å². The Labute approximate surface area is 119 Å². The summed E-state index contributed by atoms with van der Waals surface area (Å²) in [7, 11) is 0. The lowest BCUT2D eigenvalue weighted by molar-refractivity contribution is 0.268. The lowest BCUT2D eigenvalue weighted by atomic mass is 10.2. The monoisotopic (exact) mass is 281 g/mol. The van der Waals surface area contributed by atoms with Gasteiger partial charge in [0.15, 0.2) is 5.75 Å². The molecular weight excluding hydrogens is 262 g/mol. The fourth-order valence-corrected chi connectivity index (χ4v) is 2.95. The second-order valence-electron chi connectivity index (χ2n) is 5.00. The van der Waals surface area contributed by atoms with Crippen LogP contribution in [0.4, 0.5) is 11.4 Å². The summed E-state index contributed by atoms with van der Waals surface area (Å²) in [6.45, 7) is 9.17. The van der Waals surface area contributed by atoms with E-state index in [0.29, 0.717) is 0 Å². The Bertz CT molecular complexity index is 458. The molecule has 1 saturated heterocycles. The molecule has 2 aliphatic rings. The number of nitrogens with zero attached hydrogens (tertiary/aromatic N) is 2. The Balaban J connectivity index is 1.86. The summed E-state index contributed by atoms with van der Waals surface area (Å²) in [6, 6.07) is 3.97. The molecule has 1 N–H and O–H groups in total. The Morgan fingerprint density at radius 2 is 2.05 bits per heavy atom. The fourth-order valence-electron chi connectivity index (χ4n) is 2.74. The number of piperazine rings is 1. The number of fused-ring (bicyclic) bond motifs is 1. The van der Waals surface area contributed by atoms with E-state index in [4.69, 9.17) is 16.3 Å². The van der Waals surface area contributed by atoms with Gasteiger partial charge in [-0.1, -0.05) is 18.5 Å². The molecule has 0 atom stereocenters.